The van der Waals surface area contributed by atoms with Gasteiger partial charge < -0.3 is 10.6 Å². The summed E-state index contributed by atoms with van der Waals surface area (Å²) in [6, 6.07) is 7.16. The highest BCUT2D eigenvalue weighted by atomic mass is 35.5. The van der Waals surface area contributed by atoms with Crippen molar-refractivity contribution in [1.29, 1.82) is 0 Å². The number of nitrogens with one attached hydrogen (secondary N) is 3. The monoisotopic (exact) mass is 361 g/mol. The van der Waals surface area contributed by atoms with Crippen LogP contribution in [0, 0.1) is 0 Å². The number of amides is 1. The highest BCUT2D eigenvalue weighted by Gasteiger charge is 2.16. The molecule has 8 heteroatoms. The Balaban J connectivity index is 0.00000264. The first-order valence-electron chi connectivity index (χ1n) is 7.58. The van der Waals surface area contributed by atoms with Gasteiger partial charge in [-0.3, -0.25) is 4.79 Å². The molecule has 0 aliphatic carbocycles. The molecule has 0 saturated carbocycles. The molecule has 0 spiro atoms. The summed E-state index contributed by atoms with van der Waals surface area (Å²) in [4.78, 5) is 12.1. The van der Waals surface area contributed by atoms with E-state index in [-0.39, 0.29) is 36.7 Å². The maximum Gasteiger partial charge on any atom is 0.251 e. The van der Waals surface area contributed by atoms with Crippen LogP contribution in [-0.4, -0.2) is 39.2 Å². The Labute approximate surface area is 143 Å². The van der Waals surface area contributed by atoms with Gasteiger partial charge in [-0.05, 0) is 44.0 Å². The van der Waals surface area contributed by atoms with Crippen molar-refractivity contribution in [3.8, 4) is 0 Å². The number of carbonyl (C=O) groups excluding carboxylic acids is 1. The van der Waals surface area contributed by atoms with Crippen LogP contribution in [0.4, 0.5) is 0 Å². The molecule has 2 rings (SSSR count). The Morgan fingerprint density at radius 1 is 1.30 bits per heavy atom. The van der Waals surface area contributed by atoms with E-state index >= 15 is 0 Å². The minimum absolute atomic E-state index is 0. The maximum absolute atomic E-state index is 12.1. The van der Waals surface area contributed by atoms with E-state index in [4.69, 9.17) is 0 Å². The van der Waals surface area contributed by atoms with Crippen molar-refractivity contribution < 1.29 is 13.2 Å². The van der Waals surface area contributed by atoms with Gasteiger partial charge in [0.05, 0.1) is 5.75 Å². The molecule has 1 aromatic rings. The van der Waals surface area contributed by atoms with E-state index in [1.807, 2.05) is 0 Å². The number of carbonyl (C=O) groups is 1. The van der Waals surface area contributed by atoms with Crippen molar-refractivity contribution in [3.63, 3.8) is 0 Å². The third-order valence-corrected chi connectivity index (χ3v) is 5.07. The summed E-state index contributed by atoms with van der Waals surface area (Å²) in [6.07, 6.45) is 2.07. The van der Waals surface area contributed by atoms with Crippen molar-refractivity contribution in [2.45, 2.75) is 32.4 Å². The first-order valence-corrected chi connectivity index (χ1v) is 9.23. The number of benzene rings is 1. The third kappa shape index (κ3) is 6.47. The van der Waals surface area contributed by atoms with E-state index in [2.05, 4.69) is 15.4 Å². The molecular formula is C15H24ClN3O3S. The lowest BCUT2D eigenvalue weighted by atomic mass is 10.1. The predicted octanol–water partition coefficient (Wildman–Crippen LogP) is 1.03. The van der Waals surface area contributed by atoms with Gasteiger partial charge in [0.15, 0.2) is 0 Å². The van der Waals surface area contributed by atoms with Crippen molar-refractivity contribution in [1.82, 2.24) is 15.4 Å². The van der Waals surface area contributed by atoms with Gasteiger partial charge in [-0.15, -0.1) is 12.4 Å². The smallest absolute Gasteiger partial charge is 0.251 e. The second kappa shape index (κ2) is 9.22. The lowest BCUT2D eigenvalue weighted by Gasteiger charge is -2.23. The van der Waals surface area contributed by atoms with Crippen LogP contribution in [0.15, 0.2) is 24.3 Å². The van der Waals surface area contributed by atoms with Crippen molar-refractivity contribution in [2.24, 2.45) is 0 Å². The maximum atomic E-state index is 12.1. The van der Waals surface area contributed by atoms with Gasteiger partial charge in [-0.2, -0.15) is 0 Å². The van der Waals surface area contributed by atoms with Gasteiger partial charge in [-0.1, -0.05) is 12.1 Å². The summed E-state index contributed by atoms with van der Waals surface area (Å²) in [5.41, 5.74) is 1.42. The summed E-state index contributed by atoms with van der Waals surface area (Å²) in [6.45, 7) is 3.65. The predicted molar refractivity (Wildman–Crippen MR) is 93.3 cm³/mol. The van der Waals surface area contributed by atoms with E-state index in [0.717, 1.165) is 31.5 Å². The summed E-state index contributed by atoms with van der Waals surface area (Å²) < 4.78 is 25.3. The lowest BCUT2D eigenvalue weighted by Crippen LogP contribution is -2.45. The van der Waals surface area contributed by atoms with Crippen molar-refractivity contribution in [2.75, 3.05) is 18.8 Å². The number of hydrogen-bond donors (Lipinski definition) is 3. The van der Waals surface area contributed by atoms with Crippen LogP contribution >= 0.6 is 12.4 Å². The zero-order valence-electron chi connectivity index (χ0n) is 13.2. The second-order valence-corrected chi connectivity index (χ2v) is 7.53. The van der Waals surface area contributed by atoms with E-state index < -0.39 is 10.0 Å². The third-order valence-electron chi connectivity index (χ3n) is 3.72. The fourth-order valence-electron chi connectivity index (χ4n) is 2.31. The molecule has 1 amide bonds. The molecule has 0 aromatic heterocycles. The first-order chi connectivity index (χ1) is 10.5. The van der Waals surface area contributed by atoms with Gasteiger partial charge in [0.25, 0.3) is 5.91 Å². The Hall–Kier alpha value is -1.15. The van der Waals surface area contributed by atoms with Crippen LogP contribution in [0.2, 0.25) is 0 Å². The Morgan fingerprint density at radius 2 is 2.00 bits per heavy atom. The Kier molecular flexibility index (Phi) is 7.98. The van der Waals surface area contributed by atoms with Crippen LogP contribution in [0.25, 0.3) is 0 Å². The van der Waals surface area contributed by atoms with Crippen LogP contribution < -0.4 is 15.4 Å². The van der Waals surface area contributed by atoms with Crippen LogP contribution in [0.5, 0.6) is 0 Å². The minimum Gasteiger partial charge on any atom is -0.348 e. The molecule has 1 aliphatic heterocycles. The Morgan fingerprint density at radius 3 is 2.57 bits per heavy atom. The standard InChI is InChI=1S/C15H23N3O3S.ClH/c1-2-22(20,21)17-10-12-5-7-13(8-6-12)15(19)18-14-4-3-9-16-11-14;/h5-8,14,16-17H,2-4,9-11H2,1H3,(H,18,19);1H. The minimum atomic E-state index is -3.20. The molecule has 6 nitrogen and oxygen atoms in total. The van der Waals surface area contributed by atoms with Crippen molar-refractivity contribution in [3.05, 3.63) is 35.4 Å². The number of halogens is 1. The zero-order valence-corrected chi connectivity index (χ0v) is 14.8. The molecule has 1 aliphatic rings. The van der Waals surface area contributed by atoms with E-state index in [0.29, 0.717) is 5.56 Å². The number of rotatable bonds is 6. The van der Waals surface area contributed by atoms with Crippen LogP contribution in [0.1, 0.15) is 35.7 Å². The molecule has 1 heterocycles. The summed E-state index contributed by atoms with van der Waals surface area (Å²) in [5, 5.41) is 6.26. The first kappa shape index (κ1) is 19.9. The quantitative estimate of drug-likeness (QED) is 0.706. The average molecular weight is 362 g/mol. The summed E-state index contributed by atoms with van der Waals surface area (Å²) in [5.74, 6) is -0.0301. The average Bonchev–Trinajstić information content (AvgIpc) is 2.54. The van der Waals surface area contributed by atoms with E-state index in [1.165, 1.54) is 0 Å². The van der Waals surface area contributed by atoms with Gasteiger partial charge in [-0.25, -0.2) is 13.1 Å². The number of hydrogen-bond acceptors (Lipinski definition) is 4. The lowest BCUT2D eigenvalue weighted by molar-refractivity contribution is 0.0930. The highest BCUT2D eigenvalue weighted by molar-refractivity contribution is 7.89. The molecular weight excluding hydrogens is 338 g/mol. The fourth-order valence-corrected chi connectivity index (χ4v) is 2.90. The normalized spacial score (nSPS) is 18.0. The molecule has 130 valence electrons. The molecule has 23 heavy (non-hydrogen) atoms. The molecule has 3 N–H and O–H groups in total. The topological polar surface area (TPSA) is 87.3 Å². The molecule has 0 radical (unpaired) electrons. The SMILES string of the molecule is CCS(=O)(=O)NCc1ccc(C(=O)NC2CCCNC2)cc1.Cl. The molecule has 1 aromatic carbocycles. The fraction of sp³-hybridized carbons (Fsp3) is 0.533. The van der Waals surface area contributed by atoms with Crippen LogP contribution in [0.3, 0.4) is 0 Å². The largest absolute Gasteiger partial charge is 0.348 e. The molecule has 1 saturated heterocycles. The number of sulfonamides is 1. The van der Waals surface area contributed by atoms with Gasteiger partial charge in [0, 0.05) is 24.7 Å². The summed E-state index contributed by atoms with van der Waals surface area (Å²) >= 11 is 0. The molecule has 0 bridgehead atoms. The molecule has 1 unspecified atom stereocenters. The zero-order chi connectivity index (χ0) is 16.0. The summed E-state index contributed by atoms with van der Waals surface area (Å²) in [7, 11) is -3.20. The Bertz CT molecular complexity index is 599. The van der Waals surface area contributed by atoms with Crippen LogP contribution in [-0.2, 0) is 16.6 Å². The molecule has 1 fully saturated rings. The highest BCUT2D eigenvalue weighted by Crippen LogP contribution is 2.07. The number of piperidine rings is 1. The van der Waals surface area contributed by atoms with Gasteiger partial charge in [0.1, 0.15) is 0 Å². The second-order valence-electron chi connectivity index (χ2n) is 5.44. The van der Waals surface area contributed by atoms with Gasteiger partial charge in [0.2, 0.25) is 10.0 Å². The van der Waals surface area contributed by atoms with Gasteiger partial charge >= 0.3 is 0 Å². The molecule has 1 atom stereocenters. The van der Waals surface area contributed by atoms with E-state index in [1.54, 1.807) is 31.2 Å². The van der Waals surface area contributed by atoms with E-state index in [9.17, 15) is 13.2 Å². The van der Waals surface area contributed by atoms with Crippen molar-refractivity contribution >= 4 is 28.3 Å².